The molecule has 3 heteroatoms. The first-order chi connectivity index (χ1) is 14.7. The van der Waals surface area contributed by atoms with E-state index in [0.29, 0.717) is 0 Å². The van der Waals surface area contributed by atoms with E-state index in [9.17, 15) is 9.90 Å². The Bertz CT molecular complexity index is 550. The van der Waals surface area contributed by atoms with Gasteiger partial charge in [0.05, 0.1) is 0 Å². The van der Waals surface area contributed by atoms with Crippen molar-refractivity contribution in [2.45, 2.75) is 110 Å². The number of phenolic OH excluding ortho intramolecular Hbond substituents is 1. The monoisotopic (exact) mass is 415 g/mol. The van der Waals surface area contributed by atoms with Crippen LogP contribution in [-0.2, 0) is 4.79 Å². The van der Waals surface area contributed by atoms with Gasteiger partial charge in [-0.2, -0.15) is 0 Å². The van der Waals surface area contributed by atoms with Crippen molar-refractivity contribution in [3.63, 3.8) is 0 Å². The van der Waals surface area contributed by atoms with Crippen LogP contribution in [0, 0.1) is 0 Å². The molecule has 0 saturated carbocycles. The summed E-state index contributed by atoms with van der Waals surface area (Å²) in [5.74, 6) is 0.184. The van der Waals surface area contributed by atoms with Crippen molar-refractivity contribution >= 4 is 12.0 Å². The highest BCUT2D eigenvalue weighted by Crippen LogP contribution is 2.14. The van der Waals surface area contributed by atoms with Gasteiger partial charge < -0.3 is 10.4 Å². The number of benzene rings is 1. The van der Waals surface area contributed by atoms with Gasteiger partial charge in [-0.15, -0.1) is 0 Å². The largest absolute Gasteiger partial charge is 0.508 e. The van der Waals surface area contributed by atoms with Crippen molar-refractivity contribution < 1.29 is 9.90 Å². The van der Waals surface area contributed by atoms with Crippen LogP contribution in [0.3, 0.4) is 0 Å². The maximum absolute atomic E-state index is 11.8. The molecule has 1 aromatic carbocycles. The highest BCUT2D eigenvalue weighted by molar-refractivity contribution is 5.91. The summed E-state index contributed by atoms with van der Waals surface area (Å²) < 4.78 is 0. The number of aromatic hydroxyl groups is 1. The molecule has 0 fully saturated rings. The Morgan fingerprint density at radius 1 is 0.733 bits per heavy atom. The third-order valence-electron chi connectivity index (χ3n) is 5.65. The zero-order valence-corrected chi connectivity index (χ0v) is 19.3. The number of hydrogen-bond acceptors (Lipinski definition) is 2. The van der Waals surface area contributed by atoms with Crippen LogP contribution in [0.5, 0.6) is 5.75 Å². The molecule has 3 nitrogen and oxygen atoms in total. The van der Waals surface area contributed by atoms with Crippen molar-refractivity contribution in [1.29, 1.82) is 0 Å². The normalized spacial score (nSPS) is 11.2. The van der Waals surface area contributed by atoms with Crippen molar-refractivity contribution in [2.75, 3.05) is 6.54 Å². The van der Waals surface area contributed by atoms with Gasteiger partial charge >= 0.3 is 0 Å². The summed E-state index contributed by atoms with van der Waals surface area (Å²) in [6.45, 7) is 3.03. The van der Waals surface area contributed by atoms with Gasteiger partial charge in [-0.1, -0.05) is 115 Å². The predicted octanol–water partition coefficient (Wildman–Crippen LogP) is 7.78. The van der Waals surface area contributed by atoms with Gasteiger partial charge in [0.15, 0.2) is 0 Å². The van der Waals surface area contributed by atoms with Crippen LogP contribution in [0.2, 0.25) is 0 Å². The van der Waals surface area contributed by atoms with Gasteiger partial charge in [-0.25, -0.2) is 0 Å². The number of phenols is 1. The number of carbonyl (C=O) groups is 1. The molecule has 30 heavy (non-hydrogen) atoms. The Hall–Kier alpha value is -1.77. The number of nitrogens with one attached hydrogen (secondary N) is 1. The molecule has 0 aromatic heterocycles. The van der Waals surface area contributed by atoms with Gasteiger partial charge in [-0.3, -0.25) is 4.79 Å². The molecule has 2 N–H and O–H groups in total. The highest BCUT2D eigenvalue weighted by atomic mass is 16.3. The topological polar surface area (TPSA) is 49.3 Å². The third-order valence-corrected chi connectivity index (χ3v) is 5.65. The first-order valence-electron chi connectivity index (χ1n) is 12.5. The second kappa shape index (κ2) is 19.2. The molecular formula is C27H45NO2. The van der Waals surface area contributed by atoms with E-state index >= 15 is 0 Å². The molecule has 0 unspecified atom stereocenters. The van der Waals surface area contributed by atoms with Crippen molar-refractivity contribution in [2.24, 2.45) is 0 Å². The standard InChI is InChI=1S/C27H45NO2/c1-2-3-4-5-6-7-8-9-10-11-12-13-14-15-16-17-24-28-27(30)23-20-25-18-21-26(29)22-19-25/h18-23,29H,2-17,24H2,1H3,(H,28,30). The van der Waals surface area contributed by atoms with E-state index in [2.05, 4.69) is 12.2 Å². The van der Waals surface area contributed by atoms with E-state index in [1.807, 2.05) is 0 Å². The molecule has 0 aliphatic carbocycles. The number of hydrogen-bond donors (Lipinski definition) is 2. The highest BCUT2D eigenvalue weighted by Gasteiger charge is 1.97. The smallest absolute Gasteiger partial charge is 0.243 e. The van der Waals surface area contributed by atoms with Crippen molar-refractivity contribution in [3.05, 3.63) is 35.9 Å². The second-order valence-corrected chi connectivity index (χ2v) is 8.52. The summed E-state index contributed by atoms with van der Waals surface area (Å²) in [6.07, 6.45) is 25.1. The molecule has 1 amide bonds. The summed E-state index contributed by atoms with van der Waals surface area (Å²) in [4.78, 5) is 11.8. The summed E-state index contributed by atoms with van der Waals surface area (Å²) in [5, 5.41) is 12.2. The summed E-state index contributed by atoms with van der Waals surface area (Å²) in [5.41, 5.74) is 0.908. The lowest BCUT2D eigenvalue weighted by molar-refractivity contribution is -0.116. The Balaban J connectivity index is 1.81. The number of unbranched alkanes of at least 4 members (excludes halogenated alkanes) is 15. The molecule has 0 heterocycles. The minimum atomic E-state index is -0.0518. The molecule has 0 radical (unpaired) electrons. The van der Waals surface area contributed by atoms with Gasteiger partial charge in [0, 0.05) is 12.6 Å². The van der Waals surface area contributed by atoms with Crippen LogP contribution in [0.4, 0.5) is 0 Å². The van der Waals surface area contributed by atoms with Gasteiger partial charge in [0.2, 0.25) is 5.91 Å². The number of amides is 1. The summed E-state index contributed by atoms with van der Waals surface area (Å²) >= 11 is 0. The van der Waals surface area contributed by atoms with E-state index in [4.69, 9.17) is 0 Å². The fraction of sp³-hybridized carbons (Fsp3) is 0.667. The van der Waals surface area contributed by atoms with Crippen LogP contribution < -0.4 is 5.32 Å². The summed E-state index contributed by atoms with van der Waals surface area (Å²) in [6, 6.07) is 6.81. The minimum Gasteiger partial charge on any atom is -0.508 e. The molecule has 0 bridgehead atoms. The van der Waals surface area contributed by atoms with Crippen LogP contribution >= 0.6 is 0 Å². The predicted molar refractivity (Wildman–Crippen MR) is 130 cm³/mol. The lowest BCUT2D eigenvalue weighted by Crippen LogP contribution is -2.21. The molecule has 0 spiro atoms. The minimum absolute atomic E-state index is 0.0518. The number of rotatable bonds is 19. The first kappa shape index (κ1) is 26.3. The molecule has 170 valence electrons. The van der Waals surface area contributed by atoms with E-state index in [0.717, 1.165) is 18.5 Å². The molecule has 0 atom stereocenters. The summed E-state index contributed by atoms with van der Waals surface area (Å²) in [7, 11) is 0. The van der Waals surface area contributed by atoms with Crippen LogP contribution in [-0.4, -0.2) is 17.6 Å². The maximum Gasteiger partial charge on any atom is 0.243 e. The second-order valence-electron chi connectivity index (χ2n) is 8.52. The lowest BCUT2D eigenvalue weighted by atomic mass is 10.0. The molecule has 0 saturated heterocycles. The Morgan fingerprint density at radius 2 is 1.17 bits per heavy atom. The van der Waals surface area contributed by atoms with Gasteiger partial charge in [-0.05, 0) is 30.2 Å². The van der Waals surface area contributed by atoms with E-state index in [1.165, 1.54) is 96.3 Å². The zero-order valence-electron chi connectivity index (χ0n) is 19.3. The van der Waals surface area contributed by atoms with Gasteiger partial charge in [0.1, 0.15) is 5.75 Å². The van der Waals surface area contributed by atoms with E-state index < -0.39 is 0 Å². The number of carbonyl (C=O) groups excluding carboxylic acids is 1. The fourth-order valence-corrected chi connectivity index (χ4v) is 3.70. The average Bonchev–Trinajstić information content (AvgIpc) is 2.75. The molecule has 1 aromatic rings. The molecule has 0 aliphatic rings. The van der Waals surface area contributed by atoms with Crippen molar-refractivity contribution in [3.8, 4) is 5.75 Å². The maximum atomic E-state index is 11.8. The van der Waals surface area contributed by atoms with Gasteiger partial charge in [0.25, 0.3) is 0 Å². The van der Waals surface area contributed by atoms with Crippen LogP contribution in [0.25, 0.3) is 6.08 Å². The Kier molecular flexibility index (Phi) is 16.8. The first-order valence-corrected chi connectivity index (χ1v) is 12.5. The SMILES string of the molecule is CCCCCCCCCCCCCCCCCCNC(=O)C=Cc1ccc(O)cc1. The van der Waals surface area contributed by atoms with Crippen molar-refractivity contribution in [1.82, 2.24) is 5.32 Å². The van der Waals surface area contributed by atoms with E-state index in [-0.39, 0.29) is 11.7 Å². The Labute approximate surface area is 185 Å². The van der Waals surface area contributed by atoms with Crippen LogP contribution in [0.15, 0.2) is 30.3 Å². The molecule has 1 rings (SSSR count). The zero-order chi connectivity index (χ0) is 21.7. The Morgan fingerprint density at radius 3 is 1.63 bits per heavy atom. The molecular weight excluding hydrogens is 370 g/mol. The lowest BCUT2D eigenvalue weighted by Gasteiger charge is -2.04. The van der Waals surface area contributed by atoms with E-state index in [1.54, 1.807) is 36.4 Å². The molecule has 0 aliphatic heterocycles. The fourth-order valence-electron chi connectivity index (χ4n) is 3.70. The quantitative estimate of drug-likeness (QED) is 0.179. The third kappa shape index (κ3) is 16.1. The van der Waals surface area contributed by atoms with Crippen LogP contribution in [0.1, 0.15) is 115 Å². The average molecular weight is 416 g/mol.